The molecule has 1 aromatic carbocycles. The van der Waals surface area contributed by atoms with Crippen LogP contribution in [0.4, 0.5) is 17.2 Å². The molecule has 8 heteroatoms. The van der Waals surface area contributed by atoms with Gasteiger partial charge in [-0.2, -0.15) is 5.26 Å². The fourth-order valence-electron chi connectivity index (χ4n) is 3.60. The molecule has 0 saturated heterocycles. The Labute approximate surface area is 178 Å². The Hall–Kier alpha value is -3.89. The average molecular weight is 414 g/mol. The summed E-state index contributed by atoms with van der Waals surface area (Å²) in [6, 6.07) is 11.6. The molecule has 1 aliphatic rings. The summed E-state index contributed by atoms with van der Waals surface area (Å²) < 4.78 is 0. The molecule has 0 spiro atoms. The molecule has 0 saturated carbocycles. The summed E-state index contributed by atoms with van der Waals surface area (Å²) in [5.41, 5.74) is 6.02. The first-order chi connectivity index (χ1) is 14.6. The molecule has 30 heavy (non-hydrogen) atoms. The van der Waals surface area contributed by atoms with Gasteiger partial charge in [0.25, 0.3) is 0 Å². The SMILES string of the molecule is CN(C)c1cc(Cl)c(-c2nc3c([nH]2)-c2ccncc2Nc2ncccc2-3)c(C#N)c1. The smallest absolute Gasteiger partial charge is 0.141 e. The van der Waals surface area contributed by atoms with Gasteiger partial charge in [0.15, 0.2) is 0 Å². The fraction of sp³-hybridized carbons (Fsp3) is 0.0909. The van der Waals surface area contributed by atoms with Crippen molar-refractivity contribution >= 4 is 28.8 Å². The number of aromatic nitrogens is 4. The van der Waals surface area contributed by atoms with E-state index in [4.69, 9.17) is 16.6 Å². The minimum Gasteiger partial charge on any atom is -0.378 e. The van der Waals surface area contributed by atoms with E-state index in [1.807, 2.05) is 49.3 Å². The Morgan fingerprint density at radius 1 is 1.13 bits per heavy atom. The summed E-state index contributed by atoms with van der Waals surface area (Å²) in [7, 11) is 3.81. The third-order valence-corrected chi connectivity index (χ3v) is 5.36. The van der Waals surface area contributed by atoms with Gasteiger partial charge in [0.1, 0.15) is 23.4 Å². The van der Waals surface area contributed by atoms with E-state index in [9.17, 15) is 5.26 Å². The van der Waals surface area contributed by atoms with E-state index >= 15 is 0 Å². The quantitative estimate of drug-likeness (QED) is 0.429. The van der Waals surface area contributed by atoms with Crippen LogP contribution >= 0.6 is 11.6 Å². The molecule has 3 aromatic heterocycles. The Morgan fingerprint density at radius 2 is 2.00 bits per heavy atom. The number of imidazole rings is 1. The predicted molar refractivity (Wildman–Crippen MR) is 118 cm³/mol. The van der Waals surface area contributed by atoms with E-state index in [-0.39, 0.29) is 0 Å². The molecule has 4 heterocycles. The van der Waals surface area contributed by atoms with Crippen molar-refractivity contribution in [3.05, 3.63) is 59.5 Å². The summed E-state index contributed by atoms with van der Waals surface area (Å²) >= 11 is 6.62. The number of rotatable bonds is 2. The molecule has 2 N–H and O–H groups in total. The largest absolute Gasteiger partial charge is 0.378 e. The maximum Gasteiger partial charge on any atom is 0.141 e. The van der Waals surface area contributed by atoms with Crippen molar-refractivity contribution in [2.24, 2.45) is 0 Å². The second-order valence-corrected chi connectivity index (χ2v) is 7.52. The van der Waals surface area contributed by atoms with E-state index in [0.29, 0.717) is 27.8 Å². The van der Waals surface area contributed by atoms with Gasteiger partial charge in [0.05, 0.1) is 33.7 Å². The van der Waals surface area contributed by atoms with Crippen LogP contribution in [0.25, 0.3) is 33.9 Å². The summed E-state index contributed by atoms with van der Waals surface area (Å²) in [6.45, 7) is 0. The zero-order chi connectivity index (χ0) is 20.8. The number of nitrogens with one attached hydrogen (secondary N) is 2. The van der Waals surface area contributed by atoms with Crippen LogP contribution in [0.1, 0.15) is 5.56 Å². The number of nitrogens with zero attached hydrogens (tertiary/aromatic N) is 5. The zero-order valence-electron chi connectivity index (χ0n) is 16.2. The van der Waals surface area contributed by atoms with Crippen LogP contribution in [-0.4, -0.2) is 34.0 Å². The minimum atomic E-state index is 0.453. The van der Waals surface area contributed by atoms with Gasteiger partial charge >= 0.3 is 0 Å². The lowest BCUT2D eigenvalue weighted by molar-refractivity contribution is 1.13. The number of nitriles is 1. The van der Waals surface area contributed by atoms with Gasteiger partial charge in [0, 0.05) is 43.3 Å². The van der Waals surface area contributed by atoms with Crippen LogP contribution < -0.4 is 10.2 Å². The molecule has 0 unspecified atom stereocenters. The van der Waals surface area contributed by atoms with Gasteiger partial charge in [-0.1, -0.05) is 11.6 Å². The van der Waals surface area contributed by atoms with Gasteiger partial charge in [-0.25, -0.2) is 9.97 Å². The van der Waals surface area contributed by atoms with Gasteiger partial charge < -0.3 is 15.2 Å². The van der Waals surface area contributed by atoms with Crippen molar-refractivity contribution in [2.45, 2.75) is 0 Å². The number of H-pyrrole nitrogens is 1. The summed E-state index contributed by atoms with van der Waals surface area (Å²) in [5.74, 6) is 1.23. The van der Waals surface area contributed by atoms with Crippen molar-refractivity contribution in [2.75, 3.05) is 24.3 Å². The van der Waals surface area contributed by atoms with Gasteiger partial charge in [-0.15, -0.1) is 0 Å². The lowest BCUT2D eigenvalue weighted by atomic mass is 10.1. The topological polar surface area (TPSA) is 93.5 Å². The molecule has 0 amide bonds. The highest BCUT2D eigenvalue weighted by atomic mass is 35.5. The third kappa shape index (κ3) is 2.78. The van der Waals surface area contributed by atoms with Crippen molar-refractivity contribution in [3.8, 4) is 40.0 Å². The number of anilines is 3. The summed E-state index contributed by atoms with van der Waals surface area (Å²) in [4.78, 5) is 18.9. The number of halogens is 1. The van der Waals surface area contributed by atoms with Gasteiger partial charge in [-0.3, -0.25) is 4.98 Å². The molecule has 7 nitrogen and oxygen atoms in total. The van der Waals surface area contributed by atoms with Crippen molar-refractivity contribution in [1.29, 1.82) is 5.26 Å². The summed E-state index contributed by atoms with van der Waals surface area (Å²) in [6.07, 6.45) is 5.21. The van der Waals surface area contributed by atoms with E-state index in [1.54, 1.807) is 18.6 Å². The molecule has 0 aliphatic carbocycles. The molecule has 0 atom stereocenters. The molecule has 0 radical (unpaired) electrons. The molecule has 1 aliphatic heterocycles. The highest BCUT2D eigenvalue weighted by Gasteiger charge is 2.25. The van der Waals surface area contributed by atoms with Crippen molar-refractivity contribution < 1.29 is 0 Å². The average Bonchev–Trinajstić information content (AvgIpc) is 3.13. The van der Waals surface area contributed by atoms with Crippen molar-refractivity contribution in [3.63, 3.8) is 0 Å². The van der Waals surface area contributed by atoms with Crippen LogP contribution in [0.15, 0.2) is 48.9 Å². The standard InChI is InChI=1S/C22H16ClN7/c1-30(2)13-8-12(10-24)18(16(23)9-13)22-28-19-14-5-7-25-11-17(14)27-21-15(20(19)29-22)4-3-6-26-21/h3-9,11H,1-2H3,(H,26,27)(H,28,29). The Kier molecular flexibility index (Phi) is 4.16. The second-order valence-electron chi connectivity index (χ2n) is 7.11. The number of hydrogen-bond donors (Lipinski definition) is 2. The normalized spacial score (nSPS) is 11.4. The predicted octanol–water partition coefficient (Wildman–Crippen LogP) is 4.85. The maximum atomic E-state index is 9.78. The van der Waals surface area contributed by atoms with Crippen LogP contribution in [0.3, 0.4) is 0 Å². The lowest BCUT2D eigenvalue weighted by Gasteiger charge is -2.15. The Balaban J connectivity index is 1.79. The van der Waals surface area contributed by atoms with Crippen LogP contribution in [0.2, 0.25) is 5.02 Å². The molecular weight excluding hydrogens is 398 g/mol. The Morgan fingerprint density at radius 3 is 2.80 bits per heavy atom. The minimum absolute atomic E-state index is 0.453. The van der Waals surface area contributed by atoms with Crippen molar-refractivity contribution in [1.82, 2.24) is 19.9 Å². The highest BCUT2D eigenvalue weighted by Crippen LogP contribution is 2.44. The van der Waals surface area contributed by atoms with Crippen LogP contribution in [0, 0.1) is 11.3 Å². The van der Waals surface area contributed by atoms with E-state index < -0.39 is 0 Å². The lowest BCUT2D eigenvalue weighted by Crippen LogP contribution is -2.09. The first kappa shape index (κ1) is 18.2. The van der Waals surface area contributed by atoms with Crippen LogP contribution in [0.5, 0.6) is 0 Å². The highest BCUT2D eigenvalue weighted by molar-refractivity contribution is 6.33. The first-order valence-corrected chi connectivity index (χ1v) is 9.62. The number of benzene rings is 1. The fourth-order valence-corrected chi connectivity index (χ4v) is 3.90. The molecule has 4 aromatic rings. The number of pyridine rings is 2. The first-order valence-electron chi connectivity index (χ1n) is 9.25. The second kappa shape index (κ2) is 6.87. The van der Waals surface area contributed by atoms with E-state index in [2.05, 4.69) is 26.3 Å². The molecular formula is C22H16ClN7. The third-order valence-electron chi connectivity index (χ3n) is 5.06. The molecule has 0 bridgehead atoms. The van der Waals surface area contributed by atoms with E-state index in [1.165, 1.54) is 0 Å². The Bertz CT molecular complexity index is 1270. The van der Waals surface area contributed by atoms with Crippen LogP contribution in [-0.2, 0) is 0 Å². The number of aromatic amines is 1. The van der Waals surface area contributed by atoms with Gasteiger partial charge in [0.2, 0.25) is 0 Å². The van der Waals surface area contributed by atoms with E-state index in [0.717, 1.165) is 33.9 Å². The molecule has 146 valence electrons. The summed E-state index contributed by atoms with van der Waals surface area (Å²) in [5, 5.41) is 13.6. The van der Waals surface area contributed by atoms with Gasteiger partial charge in [-0.05, 0) is 30.3 Å². The molecule has 5 rings (SSSR count). The molecule has 0 fully saturated rings. The zero-order valence-corrected chi connectivity index (χ0v) is 17.0. The number of hydrogen-bond acceptors (Lipinski definition) is 6. The monoisotopic (exact) mass is 413 g/mol. The number of fused-ring (bicyclic) bond motifs is 5. The maximum absolute atomic E-state index is 9.78.